The number of nitrogens with zero attached hydrogens (tertiary/aromatic N) is 2. The van der Waals surface area contributed by atoms with Gasteiger partial charge < -0.3 is 19.1 Å². The Kier molecular flexibility index (Phi) is 5.74. The summed E-state index contributed by atoms with van der Waals surface area (Å²) in [6.45, 7) is 11.7. The van der Waals surface area contributed by atoms with Gasteiger partial charge in [0.2, 0.25) is 0 Å². The average molecular weight is 338 g/mol. The van der Waals surface area contributed by atoms with Crippen LogP contribution in [0.15, 0.2) is 0 Å². The Balaban J connectivity index is 1.35. The van der Waals surface area contributed by atoms with Gasteiger partial charge in [-0.25, -0.2) is 0 Å². The van der Waals surface area contributed by atoms with Gasteiger partial charge in [-0.3, -0.25) is 4.90 Å². The van der Waals surface area contributed by atoms with Crippen molar-refractivity contribution in [2.24, 2.45) is 11.3 Å². The van der Waals surface area contributed by atoms with Crippen LogP contribution in [0.1, 0.15) is 32.1 Å². The second kappa shape index (κ2) is 8.00. The van der Waals surface area contributed by atoms with Crippen LogP contribution in [-0.4, -0.2) is 88.2 Å². The molecule has 5 heteroatoms. The Hall–Kier alpha value is -0.200. The minimum Gasteiger partial charge on any atom is -0.381 e. The summed E-state index contributed by atoms with van der Waals surface area (Å²) in [5.41, 5.74) is 0.361. The van der Waals surface area contributed by atoms with Gasteiger partial charge in [0, 0.05) is 64.1 Å². The topological polar surface area (TPSA) is 34.2 Å². The summed E-state index contributed by atoms with van der Waals surface area (Å²) >= 11 is 0. The third kappa shape index (κ3) is 4.13. The van der Waals surface area contributed by atoms with Gasteiger partial charge in [-0.2, -0.15) is 0 Å². The zero-order chi connectivity index (χ0) is 16.2. The first-order valence-corrected chi connectivity index (χ1v) is 10.0. The van der Waals surface area contributed by atoms with E-state index in [9.17, 15) is 0 Å². The zero-order valence-corrected chi connectivity index (χ0v) is 15.1. The van der Waals surface area contributed by atoms with E-state index >= 15 is 0 Å². The van der Waals surface area contributed by atoms with Gasteiger partial charge in [0.25, 0.3) is 0 Å². The van der Waals surface area contributed by atoms with E-state index in [1.54, 1.807) is 0 Å². The van der Waals surface area contributed by atoms with E-state index in [4.69, 9.17) is 14.2 Å². The summed E-state index contributed by atoms with van der Waals surface area (Å²) in [5, 5.41) is 0. The van der Waals surface area contributed by atoms with Crippen LogP contribution in [0.3, 0.4) is 0 Å². The third-order valence-corrected chi connectivity index (χ3v) is 6.55. The minimum absolute atomic E-state index is 0.361. The summed E-state index contributed by atoms with van der Waals surface area (Å²) in [4.78, 5) is 5.44. The first-order chi connectivity index (χ1) is 11.8. The molecule has 1 spiro atoms. The number of hydrogen-bond donors (Lipinski definition) is 0. The Labute approximate surface area is 146 Å². The lowest BCUT2D eigenvalue weighted by atomic mass is 9.87. The highest BCUT2D eigenvalue weighted by Crippen LogP contribution is 2.36. The molecule has 0 amide bonds. The van der Waals surface area contributed by atoms with Crippen molar-refractivity contribution >= 4 is 0 Å². The summed E-state index contributed by atoms with van der Waals surface area (Å²) < 4.78 is 17.1. The van der Waals surface area contributed by atoms with Gasteiger partial charge in [-0.05, 0) is 44.6 Å². The van der Waals surface area contributed by atoms with E-state index in [2.05, 4.69) is 9.80 Å². The fraction of sp³-hybridized carbons (Fsp3) is 1.00. The Morgan fingerprint density at radius 2 is 1.54 bits per heavy atom. The van der Waals surface area contributed by atoms with Crippen molar-refractivity contribution < 1.29 is 14.2 Å². The maximum Gasteiger partial charge on any atom is 0.0593 e. The van der Waals surface area contributed by atoms with Gasteiger partial charge >= 0.3 is 0 Å². The van der Waals surface area contributed by atoms with Crippen LogP contribution in [0.25, 0.3) is 0 Å². The second-order valence-electron chi connectivity index (χ2n) is 8.41. The lowest BCUT2D eigenvalue weighted by Gasteiger charge is -2.36. The van der Waals surface area contributed by atoms with Crippen LogP contribution in [0.5, 0.6) is 0 Å². The minimum atomic E-state index is 0.361. The van der Waals surface area contributed by atoms with Crippen molar-refractivity contribution in [3.63, 3.8) is 0 Å². The van der Waals surface area contributed by atoms with Gasteiger partial charge in [0.05, 0.1) is 13.2 Å². The molecule has 5 nitrogen and oxygen atoms in total. The Morgan fingerprint density at radius 3 is 2.33 bits per heavy atom. The van der Waals surface area contributed by atoms with Crippen LogP contribution in [0.4, 0.5) is 0 Å². The highest BCUT2D eigenvalue weighted by molar-refractivity contribution is 4.96. The van der Waals surface area contributed by atoms with Gasteiger partial charge in [0.1, 0.15) is 0 Å². The molecule has 0 saturated carbocycles. The molecule has 4 fully saturated rings. The molecule has 0 aromatic carbocycles. The molecule has 0 bridgehead atoms. The standard InChI is InChI=1S/C19H34N2O3/c1-8-22-9-2-17(1)13-20-7-12-24-16-19(14-20)5-6-21(15-19)18-3-10-23-11-4-18/h17-18H,1-16H2/t19-/m1/s1. The number of hydrogen-bond acceptors (Lipinski definition) is 5. The molecule has 0 unspecified atom stereocenters. The van der Waals surface area contributed by atoms with E-state index in [0.717, 1.165) is 58.1 Å². The van der Waals surface area contributed by atoms with Gasteiger partial charge in [-0.1, -0.05) is 0 Å². The first-order valence-electron chi connectivity index (χ1n) is 10.0. The van der Waals surface area contributed by atoms with Crippen molar-refractivity contribution in [1.29, 1.82) is 0 Å². The number of rotatable bonds is 3. The maximum absolute atomic E-state index is 6.07. The van der Waals surface area contributed by atoms with Crippen LogP contribution >= 0.6 is 0 Å². The van der Waals surface area contributed by atoms with E-state index in [0.29, 0.717) is 5.41 Å². The molecular formula is C19H34N2O3. The SMILES string of the molecule is C1CC(CN2CCOC[C@]3(CCN(C4CCOCC4)C3)C2)CCO1. The lowest BCUT2D eigenvalue weighted by molar-refractivity contribution is 0.0265. The summed E-state index contributed by atoms with van der Waals surface area (Å²) in [6.07, 6.45) is 6.19. The van der Waals surface area contributed by atoms with E-state index < -0.39 is 0 Å². The molecule has 4 aliphatic heterocycles. The molecule has 0 aliphatic carbocycles. The molecular weight excluding hydrogens is 304 g/mol. The molecule has 0 N–H and O–H groups in total. The fourth-order valence-electron chi connectivity index (χ4n) is 5.11. The molecule has 4 rings (SSSR count). The molecule has 24 heavy (non-hydrogen) atoms. The molecule has 0 radical (unpaired) electrons. The molecule has 1 atom stereocenters. The zero-order valence-electron chi connectivity index (χ0n) is 15.1. The quantitative estimate of drug-likeness (QED) is 0.781. The van der Waals surface area contributed by atoms with Crippen molar-refractivity contribution in [2.45, 2.75) is 38.1 Å². The number of ether oxygens (including phenoxy) is 3. The van der Waals surface area contributed by atoms with Crippen molar-refractivity contribution in [3.8, 4) is 0 Å². The molecule has 4 saturated heterocycles. The van der Waals surface area contributed by atoms with Crippen molar-refractivity contribution in [2.75, 3.05) is 72.4 Å². The average Bonchev–Trinajstić information content (AvgIpc) is 2.94. The van der Waals surface area contributed by atoms with Crippen LogP contribution in [0, 0.1) is 11.3 Å². The van der Waals surface area contributed by atoms with E-state index in [1.807, 2.05) is 0 Å². The largest absolute Gasteiger partial charge is 0.381 e. The van der Waals surface area contributed by atoms with Crippen LogP contribution in [-0.2, 0) is 14.2 Å². The van der Waals surface area contributed by atoms with E-state index in [-0.39, 0.29) is 0 Å². The smallest absolute Gasteiger partial charge is 0.0593 e. The van der Waals surface area contributed by atoms with Gasteiger partial charge in [0.15, 0.2) is 0 Å². The highest BCUT2D eigenvalue weighted by Gasteiger charge is 2.43. The highest BCUT2D eigenvalue weighted by atomic mass is 16.5. The molecule has 138 valence electrons. The molecule has 4 aliphatic rings. The summed E-state index contributed by atoms with van der Waals surface area (Å²) in [7, 11) is 0. The van der Waals surface area contributed by atoms with E-state index in [1.165, 1.54) is 58.3 Å². The first kappa shape index (κ1) is 17.2. The predicted octanol–water partition coefficient (Wildman–Crippen LogP) is 1.62. The lowest BCUT2D eigenvalue weighted by Crippen LogP contribution is -2.45. The summed E-state index contributed by atoms with van der Waals surface area (Å²) in [5.74, 6) is 0.821. The predicted molar refractivity (Wildman–Crippen MR) is 93.3 cm³/mol. The molecule has 4 heterocycles. The number of likely N-dealkylation sites (tertiary alicyclic amines) is 1. The molecule has 0 aromatic rings. The molecule has 0 aromatic heterocycles. The Bertz CT molecular complexity index is 396. The van der Waals surface area contributed by atoms with Crippen LogP contribution in [0.2, 0.25) is 0 Å². The van der Waals surface area contributed by atoms with Crippen molar-refractivity contribution in [1.82, 2.24) is 9.80 Å². The third-order valence-electron chi connectivity index (χ3n) is 6.55. The summed E-state index contributed by atoms with van der Waals surface area (Å²) in [6, 6.07) is 0.741. The Morgan fingerprint density at radius 1 is 0.792 bits per heavy atom. The van der Waals surface area contributed by atoms with Crippen molar-refractivity contribution in [3.05, 3.63) is 0 Å². The second-order valence-corrected chi connectivity index (χ2v) is 8.41. The van der Waals surface area contributed by atoms with Crippen LogP contribution < -0.4 is 0 Å². The maximum atomic E-state index is 6.07. The van der Waals surface area contributed by atoms with Gasteiger partial charge in [-0.15, -0.1) is 0 Å². The normalized spacial score (nSPS) is 35.5. The monoisotopic (exact) mass is 338 g/mol. The fourth-order valence-corrected chi connectivity index (χ4v) is 5.11.